The van der Waals surface area contributed by atoms with E-state index in [1.54, 1.807) is 6.07 Å². The molecule has 3 aromatic carbocycles. The molecule has 0 saturated heterocycles. The Kier molecular flexibility index (Phi) is 7.17. The SMILES string of the molecule is CCC[C@H]1CC[C@H](c2ccc(-c3ccc(CCc4ccc(F)cc4)cc3)c(F)c2)CC1. The third-order valence-corrected chi connectivity index (χ3v) is 6.89. The maximum Gasteiger partial charge on any atom is 0.131 e. The van der Waals surface area contributed by atoms with Gasteiger partial charge in [0.2, 0.25) is 0 Å². The third kappa shape index (κ3) is 5.61. The van der Waals surface area contributed by atoms with Crippen LogP contribution in [0.2, 0.25) is 0 Å². The molecule has 162 valence electrons. The summed E-state index contributed by atoms with van der Waals surface area (Å²) < 4.78 is 28.0. The summed E-state index contributed by atoms with van der Waals surface area (Å²) in [6, 6.07) is 20.7. The molecule has 1 fully saturated rings. The minimum absolute atomic E-state index is 0.118. The van der Waals surface area contributed by atoms with Gasteiger partial charge in [0, 0.05) is 5.56 Å². The first-order valence-electron chi connectivity index (χ1n) is 11.8. The Labute approximate surface area is 185 Å². The van der Waals surface area contributed by atoms with E-state index in [9.17, 15) is 8.78 Å². The van der Waals surface area contributed by atoms with Crippen LogP contribution in [0.4, 0.5) is 8.78 Å². The first kappa shape index (κ1) is 21.7. The van der Waals surface area contributed by atoms with Crippen LogP contribution < -0.4 is 0 Å². The minimum Gasteiger partial charge on any atom is -0.207 e. The summed E-state index contributed by atoms with van der Waals surface area (Å²) in [6.07, 6.45) is 9.28. The van der Waals surface area contributed by atoms with Gasteiger partial charge in [-0.25, -0.2) is 8.78 Å². The summed E-state index contributed by atoms with van der Waals surface area (Å²) in [5.41, 5.74) is 5.08. The molecule has 0 aromatic heterocycles. The molecule has 1 aliphatic carbocycles. The Hall–Kier alpha value is -2.48. The average molecular weight is 419 g/mol. The van der Waals surface area contributed by atoms with Crippen molar-refractivity contribution in [3.05, 3.63) is 95.1 Å². The largest absolute Gasteiger partial charge is 0.207 e. The van der Waals surface area contributed by atoms with Gasteiger partial charge in [0.05, 0.1) is 0 Å². The van der Waals surface area contributed by atoms with Crippen LogP contribution in [0.25, 0.3) is 11.1 Å². The van der Waals surface area contributed by atoms with E-state index in [-0.39, 0.29) is 11.6 Å². The number of aryl methyl sites for hydroxylation is 2. The third-order valence-electron chi connectivity index (χ3n) is 6.89. The summed E-state index contributed by atoms with van der Waals surface area (Å²) in [5, 5.41) is 0. The topological polar surface area (TPSA) is 0 Å². The monoisotopic (exact) mass is 418 g/mol. The first-order valence-corrected chi connectivity index (χ1v) is 11.8. The van der Waals surface area contributed by atoms with E-state index in [1.807, 2.05) is 30.3 Å². The van der Waals surface area contributed by atoms with Gasteiger partial charge in [0.15, 0.2) is 0 Å². The molecule has 0 heterocycles. The summed E-state index contributed by atoms with van der Waals surface area (Å²) in [6.45, 7) is 2.26. The molecule has 0 nitrogen and oxygen atoms in total. The molecule has 0 aliphatic heterocycles. The van der Waals surface area contributed by atoms with Crippen molar-refractivity contribution in [3.8, 4) is 11.1 Å². The summed E-state index contributed by atoms with van der Waals surface area (Å²) in [4.78, 5) is 0. The zero-order valence-corrected chi connectivity index (χ0v) is 18.4. The number of rotatable bonds is 7. The maximum absolute atomic E-state index is 15.0. The first-order chi connectivity index (χ1) is 15.1. The predicted octanol–water partition coefficient (Wildman–Crippen LogP) is 8.49. The normalized spacial score (nSPS) is 18.8. The summed E-state index contributed by atoms with van der Waals surface area (Å²) in [7, 11) is 0. The standard InChI is InChI=1S/C29H32F2/c1-2-3-21-6-12-24(13-7-21)26-16-19-28(29(31)20-26)25-14-8-22(9-15-25)4-5-23-10-17-27(30)18-11-23/h8-11,14-21,24H,2-7,12-13H2,1H3/t21-,24-. The van der Waals surface area contributed by atoms with Gasteiger partial charge in [-0.15, -0.1) is 0 Å². The molecule has 0 atom stereocenters. The van der Waals surface area contributed by atoms with Crippen LogP contribution in [-0.2, 0) is 12.8 Å². The van der Waals surface area contributed by atoms with Crippen molar-refractivity contribution in [2.24, 2.45) is 5.92 Å². The van der Waals surface area contributed by atoms with Gasteiger partial charge in [0.1, 0.15) is 11.6 Å². The van der Waals surface area contributed by atoms with E-state index in [0.29, 0.717) is 11.5 Å². The molecule has 0 radical (unpaired) electrons. The van der Waals surface area contributed by atoms with E-state index >= 15 is 0 Å². The zero-order chi connectivity index (χ0) is 21.6. The maximum atomic E-state index is 15.0. The number of halogens is 2. The lowest BCUT2D eigenvalue weighted by Crippen LogP contribution is -2.13. The summed E-state index contributed by atoms with van der Waals surface area (Å²) >= 11 is 0. The molecule has 1 saturated carbocycles. The van der Waals surface area contributed by atoms with Crippen molar-refractivity contribution < 1.29 is 8.78 Å². The molecule has 0 amide bonds. The molecule has 1 aliphatic rings. The lowest BCUT2D eigenvalue weighted by molar-refractivity contribution is 0.308. The molecular weight excluding hydrogens is 386 g/mol. The molecular formula is C29H32F2. The predicted molar refractivity (Wildman–Crippen MR) is 125 cm³/mol. The second-order valence-electron chi connectivity index (χ2n) is 9.07. The Morgan fingerprint density at radius 1 is 0.742 bits per heavy atom. The minimum atomic E-state index is -0.203. The Morgan fingerprint density at radius 3 is 1.94 bits per heavy atom. The van der Waals surface area contributed by atoms with E-state index < -0.39 is 0 Å². The van der Waals surface area contributed by atoms with Crippen molar-refractivity contribution >= 4 is 0 Å². The summed E-state index contributed by atoms with van der Waals surface area (Å²) in [5.74, 6) is 1.05. The molecule has 0 spiro atoms. The van der Waals surface area contributed by atoms with Crippen molar-refractivity contribution in [2.45, 2.75) is 64.2 Å². The van der Waals surface area contributed by atoms with E-state index in [2.05, 4.69) is 25.1 Å². The number of hydrogen-bond acceptors (Lipinski definition) is 0. The highest BCUT2D eigenvalue weighted by molar-refractivity contribution is 5.65. The van der Waals surface area contributed by atoms with Gasteiger partial charge in [0.25, 0.3) is 0 Å². The van der Waals surface area contributed by atoms with Crippen molar-refractivity contribution in [1.82, 2.24) is 0 Å². The average Bonchev–Trinajstić information content (AvgIpc) is 2.80. The van der Waals surface area contributed by atoms with Crippen LogP contribution in [0.3, 0.4) is 0 Å². The lowest BCUT2D eigenvalue weighted by atomic mass is 9.77. The van der Waals surface area contributed by atoms with Crippen LogP contribution in [-0.4, -0.2) is 0 Å². The van der Waals surface area contributed by atoms with Crippen LogP contribution >= 0.6 is 0 Å². The van der Waals surface area contributed by atoms with Gasteiger partial charge < -0.3 is 0 Å². The van der Waals surface area contributed by atoms with Crippen molar-refractivity contribution in [1.29, 1.82) is 0 Å². The quantitative estimate of drug-likeness (QED) is 0.361. The van der Waals surface area contributed by atoms with Gasteiger partial charge in [-0.05, 0) is 90.8 Å². The smallest absolute Gasteiger partial charge is 0.131 e. The second kappa shape index (κ2) is 10.2. The highest BCUT2D eigenvalue weighted by atomic mass is 19.1. The molecule has 31 heavy (non-hydrogen) atoms. The van der Waals surface area contributed by atoms with Crippen LogP contribution in [0.1, 0.15) is 68.1 Å². The van der Waals surface area contributed by atoms with Gasteiger partial charge >= 0.3 is 0 Å². The van der Waals surface area contributed by atoms with E-state index in [4.69, 9.17) is 0 Å². The van der Waals surface area contributed by atoms with Gasteiger partial charge in [-0.2, -0.15) is 0 Å². The van der Waals surface area contributed by atoms with Crippen LogP contribution in [0.5, 0.6) is 0 Å². The molecule has 0 N–H and O–H groups in total. The van der Waals surface area contributed by atoms with E-state index in [1.165, 1.54) is 56.2 Å². The molecule has 0 unspecified atom stereocenters. The van der Waals surface area contributed by atoms with Crippen LogP contribution in [0, 0.1) is 17.6 Å². The molecule has 3 aromatic rings. The second-order valence-corrected chi connectivity index (χ2v) is 9.07. The lowest BCUT2D eigenvalue weighted by Gasteiger charge is -2.28. The highest BCUT2D eigenvalue weighted by Gasteiger charge is 2.22. The highest BCUT2D eigenvalue weighted by Crippen LogP contribution is 2.38. The van der Waals surface area contributed by atoms with E-state index in [0.717, 1.165) is 35.4 Å². The molecule has 4 rings (SSSR count). The number of benzene rings is 3. The Morgan fingerprint density at radius 2 is 1.35 bits per heavy atom. The van der Waals surface area contributed by atoms with Crippen LogP contribution in [0.15, 0.2) is 66.7 Å². The van der Waals surface area contributed by atoms with Crippen molar-refractivity contribution in [2.75, 3.05) is 0 Å². The fourth-order valence-corrected chi connectivity index (χ4v) is 5.00. The Balaban J connectivity index is 1.38. The van der Waals surface area contributed by atoms with Crippen molar-refractivity contribution in [3.63, 3.8) is 0 Å². The molecule has 2 heteroatoms. The van der Waals surface area contributed by atoms with Gasteiger partial charge in [-0.1, -0.05) is 68.3 Å². The number of hydrogen-bond donors (Lipinski definition) is 0. The fraction of sp³-hybridized carbons (Fsp3) is 0.379. The molecule has 0 bridgehead atoms. The zero-order valence-electron chi connectivity index (χ0n) is 18.4. The van der Waals surface area contributed by atoms with Gasteiger partial charge in [-0.3, -0.25) is 0 Å². The fourth-order valence-electron chi connectivity index (χ4n) is 5.00. The Bertz CT molecular complexity index is 965.